The summed E-state index contributed by atoms with van der Waals surface area (Å²) < 4.78 is 1.86. The lowest BCUT2D eigenvalue weighted by atomic mass is 10.1. The molecule has 0 saturated heterocycles. The predicted octanol–water partition coefficient (Wildman–Crippen LogP) is 1.63. The van der Waals surface area contributed by atoms with Crippen LogP contribution in [0.5, 0.6) is 0 Å². The van der Waals surface area contributed by atoms with Gasteiger partial charge in [0.05, 0.1) is 23.5 Å². The monoisotopic (exact) mass is 459 g/mol. The lowest BCUT2D eigenvalue weighted by Gasteiger charge is -2.11. The van der Waals surface area contributed by atoms with Crippen molar-refractivity contribution in [3.05, 3.63) is 70.6 Å². The number of nitriles is 1. The van der Waals surface area contributed by atoms with Gasteiger partial charge in [-0.1, -0.05) is 0 Å². The molecule has 0 aromatic carbocycles. The first-order valence-corrected chi connectivity index (χ1v) is 11.2. The van der Waals surface area contributed by atoms with Gasteiger partial charge < -0.3 is 26.2 Å². The molecule has 2 aliphatic rings. The molecule has 1 unspecified atom stereocenters. The van der Waals surface area contributed by atoms with Gasteiger partial charge in [-0.15, -0.1) is 0 Å². The Balaban J connectivity index is 0.000000192. The summed E-state index contributed by atoms with van der Waals surface area (Å²) in [7, 11) is 1.98. The number of carbonyl (C=O) groups excluding carboxylic acids is 1. The van der Waals surface area contributed by atoms with Gasteiger partial charge >= 0.3 is 0 Å². The van der Waals surface area contributed by atoms with Crippen molar-refractivity contribution < 1.29 is 4.79 Å². The molecule has 3 heterocycles. The molecule has 5 rings (SSSR count). The van der Waals surface area contributed by atoms with E-state index in [1.807, 2.05) is 29.9 Å². The molecule has 0 aliphatic heterocycles. The number of nitrogens with zero attached hydrogens (tertiary/aromatic N) is 5. The van der Waals surface area contributed by atoms with E-state index in [9.17, 15) is 10.1 Å². The number of carbonyl (C=O) groups is 1. The highest BCUT2D eigenvalue weighted by molar-refractivity contribution is 5.71. The Morgan fingerprint density at radius 1 is 1.38 bits per heavy atom. The van der Waals surface area contributed by atoms with E-state index in [1.165, 1.54) is 40.7 Å². The normalized spacial score (nSPS) is 17.0. The maximum atomic E-state index is 10.5. The van der Waals surface area contributed by atoms with Crippen molar-refractivity contribution in [3.8, 4) is 6.07 Å². The quantitative estimate of drug-likeness (QED) is 0.185. The maximum Gasteiger partial charge on any atom is 0.167 e. The molecule has 1 fully saturated rings. The van der Waals surface area contributed by atoms with Gasteiger partial charge in [0.2, 0.25) is 0 Å². The highest BCUT2D eigenvalue weighted by atomic mass is 16.1. The zero-order valence-corrected chi connectivity index (χ0v) is 19.1. The van der Waals surface area contributed by atoms with E-state index < -0.39 is 0 Å². The molecular weight excluding hydrogens is 430 g/mol. The summed E-state index contributed by atoms with van der Waals surface area (Å²) in [4.78, 5) is 19.0. The van der Waals surface area contributed by atoms with E-state index in [2.05, 4.69) is 27.4 Å². The van der Waals surface area contributed by atoms with Crippen LogP contribution in [0.3, 0.4) is 0 Å². The first-order valence-electron chi connectivity index (χ1n) is 11.2. The summed E-state index contributed by atoms with van der Waals surface area (Å²) in [6, 6.07) is 6.64. The van der Waals surface area contributed by atoms with E-state index in [4.69, 9.17) is 17.3 Å². The number of imidazole rings is 1. The van der Waals surface area contributed by atoms with E-state index in [1.54, 1.807) is 6.20 Å². The Morgan fingerprint density at radius 2 is 2.18 bits per heavy atom. The molecule has 0 spiro atoms. The summed E-state index contributed by atoms with van der Waals surface area (Å²) in [5, 5.41) is 13.9. The molecule has 10 heteroatoms. The summed E-state index contributed by atoms with van der Waals surface area (Å²) in [6.45, 7) is 0.292. The summed E-state index contributed by atoms with van der Waals surface area (Å²) in [6.07, 6.45) is 12.0. The van der Waals surface area contributed by atoms with Crippen molar-refractivity contribution in [1.82, 2.24) is 24.7 Å². The van der Waals surface area contributed by atoms with E-state index in [0.29, 0.717) is 47.5 Å². The van der Waals surface area contributed by atoms with Crippen LogP contribution in [0.25, 0.3) is 5.65 Å². The van der Waals surface area contributed by atoms with Gasteiger partial charge in [-0.2, -0.15) is 5.26 Å². The number of fused-ring (bicyclic) bond motifs is 2. The summed E-state index contributed by atoms with van der Waals surface area (Å²) >= 11 is 0. The Labute approximate surface area is 198 Å². The molecule has 10 nitrogen and oxygen atoms in total. The summed E-state index contributed by atoms with van der Waals surface area (Å²) in [5.41, 5.74) is 16.8. The van der Waals surface area contributed by atoms with Gasteiger partial charge in [0, 0.05) is 30.8 Å². The minimum absolute atomic E-state index is 0.0417. The molecule has 0 radical (unpaired) electrons. The first-order chi connectivity index (χ1) is 16.4. The van der Waals surface area contributed by atoms with Gasteiger partial charge in [0.25, 0.3) is 0 Å². The maximum absolute atomic E-state index is 10.5. The number of aldehydes is 1. The number of pyridine rings is 2. The highest BCUT2D eigenvalue weighted by Gasteiger charge is 2.25. The van der Waals surface area contributed by atoms with Crippen LogP contribution in [0, 0.1) is 11.3 Å². The lowest BCUT2D eigenvalue weighted by Crippen LogP contribution is -2.26. The van der Waals surface area contributed by atoms with Crippen molar-refractivity contribution in [1.29, 1.82) is 5.26 Å². The zero-order chi connectivity index (χ0) is 24.2. The van der Waals surface area contributed by atoms with Gasteiger partial charge in [0.15, 0.2) is 11.9 Å². The third-order valence-electron chi connectivity index (χ3n) is 6.12. The Hall–Kier alpha value is -3.94. The Morgan fingerprint density at radius 3 is 2.85 bits per heavy atom. The van der Waals surface area contributed by atoms with Crippen LogP contribution in [0.4, 0.5) is 5.82 Å². The molecule has 1 atom stereocenters. The number of nitrogens with two attached hydrogens (primary N) is 3. The molecular formula is C24H29N9O. The second-order valence-electron chi connectivity index (χ2n) is 8.60. The SMILES string of the molecule is CNC1CCc2c1ccnc2N.N#Cc1cc(C2CC2)cn2cc(CN(N)/C=C(\N)C=O)nc12. The van der Waals surface area contributed by atoms with Crippen LogP contribution < -0.4 is 22.6 Å². The number of hydrogen-bond acceptors (Lipinski definition) is 9. The molecule has 34 heavy (non-hydrogen) atoms. The third-order valence-corrected chi connectivity index (χ3v) is 6.12. The second kappa shape index (κ2) is 9.91. The average Bonchev–Trinajstić information content (AvgIpc) is 3.47. The smallest absolute Gasteiger partial charge is 0.167 e. The van der Waals surface area contributed by atoms with Crippen LogP contribution in [-0.4, -0.2) is 32.7 Å². The fourth-order valence-corrected chi connectivity index (χ4v) is 4.29. The van der Waals surface area contributed by atoms with Gasteiger partial charge in [-0.25, -0.2) is 15.8 Å². The fraction of sp³-hybridized carbons (Fsp3) is 0.333. The van der Waals surface area contributed by atoms with Crippen LogP contribution >= 0.6 is 0 Å². The predicted molar refractivity (Wildman–Crippen MR) is 129 cm³/mol. The number of allylic oxidation sites excluding steroid dienone is 1. The van der Waals surface area contributed by atoms with Crippen LogP contribution in [0.1, 0.15) is 59.2 Å². The lowest BCUT2D eigenvalue weighted by molar-refractivity contribution is -0.105. The summed E-state index contributed by atoms with van der Waals surface area (Å²) in [5.74, 6) is 7.02. The number of aromatic nitrogens is 3. The fourth-order valence-electron chi connectivity index (χ4n) is 4.29. The van der Waals surface area contributed by atoms with Crippen LogP contribution in [0.15, 0.2) is 42.6 Å². The minimum Gasteiger partial charge on any atom is -0.395 e. The number of nitrogen functional groups attached to an aromatic ring is 1. The van der Waals surface area contributed by atoms with E-state index >= 15 is 0 Å². The Bertz CT molecular complexity index is 1270. The van der Waals surface area contributed by atoms with Crippen LogP contribution in [-0.2, 0) is 17.8 Å². The zero-order valence-electron chi connectivity index (χ0n) is 19.1. The first kappa shape index (κ1) is 23.2. The number of nitrogens with one attached hydrogen (secondary N) is 1. The van der Waals surface area contributed by atoms with Gasteiger partial charge in [-0.05, 0) is 67.5 Å². The molecule has 7 N–H and O–H groups in total. The molecule has 3 aromatic rings. The number of hydrogen-bond donors (Lipinski definition) is 4. The largest absolute Gasteiger partial charge is 0.395 e. The van der Waals surface area contributed by atoms with Gasteiger partial charge in [-0.3, -0.25) is 4.79 Å². The van der Waals surface area contributed by atoms with E-state index in [-0.39, 0.29) is 5.70 Å². The number of rotatable bonds is 6. The number of hydrazine groups is 1. The molecule has 0 bridgehead atoms. The topological polar surface area (TPSA) is 164 Å². The molecule has 1 saturated carbocycles. The standard InChI is InChI=1S/C15H16N6O.C9H13N3/c16-4-11-3-12(10-1-2-10)5-20-7-14(19-15(11)20)8-21(18)6-13(17)9-22;1-11-8-3-2-7-6(8)4-5-12-9(7)10/h3,5-7,9-10H,1-2,8,17-18H2;4-5,8,11H,2-3H2,1H3,(H2,10,12)/b13-6-;. The van der Waals surface area contributed by atoms with Crippen molar-refractivity contribution in [2.24, 2.45) is 11.6 Å². The van der Waals surface area contributed by atoms with Crippen molar-refractivity contribution in [3.63, 3.8) is 0 Å². The number of anilines is 1. The van der Waals surface area contributed by atoms with Crippen molar-refractivity contribution >= 4 is 17.8 Å². The van der Waals surface area contributed by atoms with Crippen LogP contribution in [0.2, 0.25) is 0 Å². The third kappa shape index (κ3) is 5.01. The minimum atomic E-state index is 0.0417. The van der Waals surface area contributed by atoms with Gasteiger partial charge in [0.1, 0.15) is 11.9 Å². The molecule has 0 amide bonds. The van der Waals surface area contributed by atoms with Crippen molar-refractivity contribution in [2.75, 3.05) is 12.8 Å². The van der Waals surface area contributed by atoms with E-state index in [0.717, 1.165) is 12.8 Å². The highest BCUT2D eigenvalue weighted by Crippen LogP contribution is 2.40. The average molecular weight is 460 g/mol. The molecule has 3 aromatic heterocycles. The van der Waals surface area contributed by atoms with Crippen molar-refractivity contribution in [2.45, 2.75) is 44.2 Å². The molecule has 176 valence electrons. The molecule has 2 aliphatic carbocycles. The Kier molecular flexibility index (Phi) is 6.77. The second-order valence-corrected chi connectivity index (χ2v) is 8.60.